The normalized spacial score (nSPS) is 5.25. The predicted octanol–water partition coefficient (Wildman–Crippen LogP) is -1.76. The van der Waals surface area contributed by atoms with Crippen LogP contribution < -0.4 is 5.34 Å². The first-order chi connectivity index (χ1) is 1.91. The zero-order chi connectivity index (χ0) is 3.41. The second kappa shape index (κ2) is 2.36. The summed E-state index contributed by atoms with van der Waals surface area (Å²) in [4.78, 5) is 11.3. The van der Waals surface area contributed by atoms with Crippen molar-refractivity contribution in [3.8, 4) is 0 Å². The first kappa shape index (κ1) is 3.36. The Morgan fingerprint density at radius 2 is 2.25 bits per heavy atom. The average Bonchev–Trinajstić information content (AvgIpc) is 1.37. The standard InChI is InChI=1S/HNO3/c2-1-4-3/h1H/p+1. The van der Waals surface area contributed by atoms with Crippen LogP contribution in [0.3, 0.4) is 0 Å². The minimum absolute atomic E-state index is 0.736. The maximum Gasteiger partial charge on any atom is 0.238 e. The molecule has 0 aromatic rings. The van der Waals surface area contributed by atoms with Crippen molar-refractivity contribution >= 4 is 0 Å². The van der Waals surface area contributed by atoms with Gasteiger partial charge in [-0.15, -0.1) is 5.26 Å². The molecule has 0 rings (SSSR count). The Labute approximate surface area is 21.9 Å². The molecule has 0 radical (unpaired) electrons. The van der Waals surface area contributed by atoms with Crippen molar-refractivity contribution in [1.82, 2.24) is 0 Å². The summed E-state index contributed by atoms with van der Waals surface area (Å²) in [5, 5.41) is 7.69. The third-order valence-electron chi connectivity index (χ3n) is 0.0373. The van der Waals surface area contributed by atoms with Gasteiger partial charge >= 0.3 is 0 Å². The summed E-state index contributed by atoms with van der Waals surface area (Å²) in [5.74, 6) is 0. The van der Waals surface area contributed by atoms with Crippen LogP contribution in [0.25, 0.3) is 0 Å². The molecule has 2 N–H and O–H groups in total. The van der Waals surface area contributed by atoms with Gasteiger partial charge in [-0.05, 0) is 4.99 Å². The van der Waals surface area contributed by atoms with E-state index in [2.05, 4.69) is 4.99 Å². The molecule has 24 valence electrons. The molecule has 0 aliphatic rings. The van der Waals surface area contributed by atoms with Crippen LogP contribution in [0.2, 0.25) is 0 Å². The van der Waals surface area contributed by atoms with Crippen LogP contribution in [-0.2, 0) is 4.99 Å². The molecule has 0 saturated carbocycles. The van der Waals surface area contributed by atoms with Crippen LogP contribution in [0.4, 0.5) is 0 Å². The van der Waals surface area contributed by atoms with E-state index < -0.39 is 0 Å². The fourth-order valence-corrected chi connectivity index (χ4v) is 0. The molecule has 0 fully saturated rings. The Balaban J connectivity index is 2.30. The van der Waals surface area contributed by atoms with E-state index in [-0.39, 0.29) is 0 Å². The molecule has 0 aromatic carbocycles. The van der Waals surface area contributed by atoms with E-state index >= 15 is 0 Å². The second-order valence-corrected chi connectivity index (χ2v) is 0.175. The van der Waals surface area contributed by atoms with Gasteiger partial charge in [0, 0.05) is 0 Å². The highest BCUT2D eigenvalue weighted by molar-refractivity contribution is 3.53. The van der Waals surface area contributed by atoms with Crippen molar-refractivity contribution in [2.45, 2.75) is 0 Å². The first-order valence-electron chi connectivity index (χ1n) is 0.591. The third-order valence-corrected chi connectivity index (χ3v) is 0.0373. The van der Waals surface area contributed by atoms with Crippen LogP contribution >= 0.6 is 0 Å². The summed E-state index contributed by atoms with van der Waals surface area (Å²) in [6.45, 7) is 0. The molecule has 0 aliphatic carbocycles. The van der Waals surface area contributed by atoms with Crippen molar-refractivity contribution < 1.29 is 15.6 Å². The van der Waals surface area contributed by atoms with Gasteiger partial charge in [0.2, 0.25) is 5.34 Å². The molecule has 4 heavy (non-hydrogen) atoms. The van der Waals surface area contributed by atoms with Crippen LogP contribution in [0.1, 0.15) is 0 Å². The summed E-state index contributed by atoms with van der Waals surface area (Å²) >= 11 is 0. The number of hydrogen-bond donors (Lipinski definition) is 2. The van der Waals surface area contributed by atoms with Gasteiger partial charge < -0.3 is 0 Å². The predicted molar refractivity (Wildman–Crippen MR) is 8.04 cm³/mol. The lowest BCUT2D eigenvalue weighted by molar-refractivity contribution is -0.859. The lowest BCUT2D eigenvalue weighted by Crippen LogP contribution is -2.61. The highest BCUT2D eigenvalue weighted by Crippen LogP contribution is 1.07. The molecule has 0 aromatic heterocycles. The van der Waals surface area contributed by atoms with Crippen molar-refractivity contribution in [1.29, 1.82) is 0 Å². The summed E-state index contributed by atoms with van der Waals surface area (Å²) in [5.41, 5.74) is 0. The summed E-state index contributed by atoms with van der Waals surface area (Å²) in [7, 11) is 0. The topological polar surface area (TPSA) is 60.5 Å². The van der Waals surface area contributed by atoms with Gasteiger partial charge in [0.15, 0.2) is 0 Å². The Bertz CT molecular complexity index is 17.2. The maximum atomic E-state index is 8.58. The lowest BCUT2D eigenvalue weighted by Gasteiger charge is -1.49. The van der Waals surface area contributed by atoms with E-state index in [4.69, 9.17) is 10.2 Å². The van der Waals surface area contributed by atoms with Crippen LogP contribution in [0.15, 0.2) is 0 Å². The summed E-state index contributed by atoms with van der Waals surface area (Å²) in [6, 6.07) is 0. The fourth-order valence-electron chi connectivity index (χ4n) is 0. The lowest BCUT2D eigenvalue weighted by atomic mass is 13.4. The van der Waals surface area contributed by atoms with E-state index in [1.807, 2.05) is 0 Å². The SMILES string of the molecule is O=[NH+]OO. The summed E-state index contributed by atoms with van der Waals surface area (Å²) in [6.07, 6.45) is 0. The molecule has 0 unspecified atom stereocenters. The molecule has 0 heterocycles. The Kier molecular flexibility index (Phi) is 1.98. The minimum atomic E-state index is 0.736. The van der Waals surface area contributed by atoms with Gasteiger partial charge in [-0.2, -0.15) is 0 Å². The molecule has 4 heteroatoms. The molecular formula is H2NO3+. The van der Waals surface area contributed by atoms with E-state index in [0.29, 0.717) is 0 Å². The van der Waals surface area contributed by atoms with Gasteiger partial charge in [0.25, 0.3) is 0 Å². The minimum Gasteiger partial charge on any atom is -0.139 e. The smallest absolute Gasteiger partial charge is 0.139 e. The first-order valence-corrected chi connectivity index (χ1v) is 0.591. The Morgan fingerprint density at radius 1 is 2.00 bits per heavy atom. The van der Waals surface area contributed by atoms with Gasteiger partial charge in [0.05, 0.1) is 4.91 Å². The zero-order valence-electron chi connectivity index (χ0n) is 1.76. The molecule has 4 nitrogen and oxygen atoms in total. The van der Waals surface area contributed by atoms with E-state index in [1.54, 1.807) is 0 Å². The van der Waals surface area contributed by atoms with Gasteiger partial charge in [0.1, 0.15) is 0 Å². The monoisotopic (exact) mass is 64.0 g/mol. The van der Waals surface area contributed by atoms with E-state index in [9.17, 15) is 0 Å². The van der Waals surface area contributed by atoms with Crippen molar-refractivity contribution in [2.24, 2.45) is 0 Å². The maximum absolute atomic E-state index is 8.58. The molecule has 0 aliphatic heterocycles. The van der Waals surface area contributed by atoms with Gasteiger partial charge in [-0.25, -0.2) is 0 Å². The number of hydrogen-bond acceptors (Lipinski definition) is 3. The van der Waals surface area contributed by atoms with Crippen molar-refractivity contribution in [3.63, 3.8) is 0 Å². The van der Waals surface area contributed by atoms with Gasteiger partial charge in [-0.3, -0.25) is 0 Å². The van der Waals surface area contributed by atoms with Gasteiger partial charge in [-0.1, -0.05) is 0 Å². The largest absolute Gasteiger partial charge is 0.238 e. The van der Waals surface area contributed by atoms with Crippen molar-refractivity contribution in [2.75, 3.05) is 0 Å². The van der Waals surface area contributed by atoms with Crippen molar-refractivity contribution in [3.05, 3.63) is 4.91 Å². The summed E-state index contributed by atoms with van der Waals surface area (Å²) < 4.78 is 0. The third kappa shape index (κ3) is 1.36. The van der Waals surface area contributed by atoms with Crippen LogP contribution in [0.5, 0.6) is 0 Å². The zero-order valence-corrected chi connectivity index (χ0v) is 1.76. The van der Waals surface area contributed by atoms with E-state index in [1.165, 1.54) is 0 Å². The molecule has 0 bridgehead atoms. The highest BCUT2D eigenvalue weighted by Gasteiger charge is 1.56. The molecular weight excluding hydrogens is 62.0 g/mol. The second-order valence-electron chi connectivity index (χ2n) is 0.175. The molecule has 0 atom stereocenters. The molecule has 0 saturated heterocycles. The Hall–Kier alpha value is -0.640. The van der Waals surface area contributed by atoms with Crippen LogP contribution in [-0.4, -0.2) is 5.26 Å². The van der Waals surface area contributed by atoms with E-state index in [0.717, 1.165) is 5.34 Å². The van der Waals surface area contributed by atoms with Crippen LogP contribution in [0, 0.1) is 4.91 Å². The average molecular weight is 64.0 g/mol. The number of rotatable bonds is 1. The quantitative estimate of drug-likeness (QED) is 0.280. The number of nitrogens with one attached hydrogen (secondary N) is 1. The molecule has 0 amide bonds. The molecule has 0 spiro atoms. The fraction of sp³-hybridized carbons (Fsp3) is 0. The highest BCUT2D eigenvalue weighted by atomic mass is 17.2. The Morgan fingerprint density at radius 3 is 2.25 bits per heavy atom.